The van der Waals surface area contributed by atoms with Gasteiger partial charge in [-0.05, 0) is 36.5 Å². The number of urea groups is 1. The van der Waals surface area contributed by atoms with Gasteiger partial charge in [-0.2, -0.15) is 0 Å². The molecule has 2 aliphatic heterocycles. The van der Waals surface area contributed by atoms with Crippen LogP contribution in [0.15, 0.2) is 48.5 Å². The van der Waals surface area contributed by atoms with Crippen molar-refractivity contribution in [3.8, 4) is 11.1 Å². The first kappa shape index (κ1) is 22.9. The molecule has 0 radical (unpaired) electrons. The van der Waals surface area contributed by atoms with Crippen LogP contribution in [-0.2, 0) is 9.53 Å². The average molecular weight is 462 g/mol. The normalized spacial score (nSPS) is 25.0. The molecule has 6 nitrogen and oxygen atoms in total. The van der Waals surface area contributed by atoms with E-state index < -0.39 is 0 Å². The Morgan fingerprint density at radius 1 is 1.06 bits per heavy atom. The molecule has 6 heteroatoms. The highest BCUT2D eigenvalue weighted by Gasteiger charge is 2.54. The van der Waals surface area contributed by atoms with E-state index in [0.29, 0.717) is 13.2 Å². The monoisotopic (exact) mass is 461 g/mol. The summed E-state index contributed by atoms with van der Waals surface area (Å²) in [6.07, 6.45) is 5.65. The van der Waals surface area contributed by atoms with Gasteiger partial charge in [0.1, 0.15) is 6.54 Å². The van der Waals surface area contributed by atoms with Crippen molar-refractivity contribution in [2.45, 2.75) is 63.1 Å². The van der Waals surface area contributed by atoms with Crippen LogP contribution < -0.4 is 5.32 Å². The van der Waals surface area contributed by atoms with Crippen molar-refractivity contribution in [1.29, 1.82) is 0 Å². The highest BCUT2D eigenvalue weighted by molar-refractivity contribution is 5.87. The quantitative estimate of drug-likeness (QED) is 0.721. The Morgan fingerprint density at radius 3 is 2.53 bits per heavy atom. The van der Waals surface area contributed by atoms with Crippen molar-refractivity contribution in [2.24, 2.45) is 0 Å². The lowest BCUT2D eigenvalue weighted by Gasteiger charge is -2.59. The number of carbonyl (C=O) groups is 2. The summed E-state index contributed by atoms with van der Waals surface area (Å²) in [6, 6.07) is 17.3. The first-order valence-corrected chi connectivity index (χ1v) is 12.6. The number of hydrogen-bond acceptors (Lipinski definition) is 3. The Balaban J connectivity index is 1.33. The van der Waals surface area contributed by atoms with Crippen molar-refractivity contribution < 1.29 is 14.3 Å². The number of fused-ring (bicyclic) bond motifs is 1. The standard InChI is InChI=1S/C28H35N3O3/c1-19-7-6-8-22(15-19)20-11-13-21(14-12-20)27-24-16-30(17-26(32)31(24)25(27)18-34-2)28(33)29-23-9-4-3-5-10-23/h6-8,11-15,23-25,27H,3-5,9-10,16-18H2,1-2H3,(H,29,33)/t24-,25+,27-/m0/s1. The summed E-state index contributed by atoms with van der Waals surface area (Å²) in [6.45, 7) is 3.32. The Bertz CT molecular complexity index is 1030. The van der Waals surface area contributed by atoms with Gasteiger partial charge in [0, 0.05) is 25.6 Å². The van der Waals surface area contributed by atoms with Gasteiger partial charge >= 0.3 is 6.03 Å². The van der Waals surface area contributed by atoms with E-state index in [1.54, 1.807) is 12.0 Å². The van der Waals surface area contributed by atoms with Crippen molar-refractivity contribution in [2.75, 3.05) is 26.8 Å². The van der Waals surface area contributed by atoms with E-state index in [1.807, 2.05) is 4.90 Å². The van der Waals surface area contributed by atoms with Gasteiger partial charge in [-0.3, -0.25) is 4.79 Å². The van der Waals surface area contributed by atoms with Gasteiger partial charge in [-0.15, -0.1) is 0 Å². The van der Waals surface area contributed by atoms with E-state index in [1.165, 1.54) is 41.5 Å². The Labute approximate surface area is 202 Å². The van der Waals surface area contributed by atoms with Crippen molar-refractivity contribution >= 4 is 11.9 Å². The van der Waals surface area contributed by atoms with Crippen LogP contribution in [0.2, 0.25) is 0 Å². The first-order valence-electron chi connectivity index (χ1n) is 12.6. The lowest BCUT2D eigenvalue weighted by Crippen LogP contribution is -2.74. The zero-order valence-electron chi connectivity index (χ0n) is 20.2. The minimum atomic E-state index is -0.0939. The second-order valence-electron chi connectivity index (χ2n) is 10.1. The Kier molecular flexibility index (Phi) is 6.59. The number of amides is 3. The number of piperazine rings is 1. The lowest BCUT2D eigenvalue weighted by atomic mass is 9.73. The summed E-state index contributed by atoms with van der Waals surface area (Å²) in [7, 11) is 1.68. The smallest absolute Gasteiger partial charge is 0.318 e. The van der Waals surface area contributed by atoms with Gasteiger partial charge in [-0.25, -0.2) is 4.79 Å². The summed E-state index contributed by atoms with van der Waals surface area (Å²) in [5.41, 5.74) is 4.82. The number of benzene rings is 2. The third-order valence-corrected chi connectivity index (χ3v) is 7.77. The molecule has 2 aromatic rings. The van der Waals surface area contributed by atoms with Crippen molar-refractivity contribution in [3.05, 3.63) is 59.7 Å². The molecule has 1 N–H and O–H groups in total. The molecule has 2 heterocycles. The molecule has 34 heavy (non-hydrogen) atoms. The maximum Gasteiger partial charge on any atom is 0.318 e. The molecule has 0 aromatic heterocycles. The van der Waals surface area contributed by atoms with Crippen LogP contribution >= 0.6 is 0 Å². The summed E-state index contributed by atoms with van der Waals surface area (Å²) < 4.78 is 5.49. The van der Waals surface area contributed by atoms with E-state index in [4.69, 9.17) is 4.74 Å². The molecule has 180 valence electrons. The highest BCUT2D eigenvalue weighted by Crippen LogP contribution is 2.43. The van der Waals surface area contributed by atoms with Crippen molar-refractivity contribution in [1.82, 2.24) is 15.1 Å². The topological polar surface area (TPSA) is 61.9 Å². The van der Waals surface area contributed by atoms with Crippen LogP contribution in [0.5, 0.6) is 0 Å². The number of rotatable bonds is 5. The third kappa shape index (κ3) is 4.43. The Morgan fingerprint density at radius 2 is 1.82 bits per heavy atom. The highest BCUT2D eigenvalue weighted by atomic mass is 16.5. The largest absolute Gasteiger partial charge is 0.383 e. The summed E-state index contributed by atoms with van der Waals surface area (Å²) in [5.74, 6) is 0.172. The zero-order chi connectivity index (χ0) is 23.7. The van der Waals surface area contributed by atoms with Crippen LogP contribution in [0.1, 0.15) is 49.1 Å². The fourth-order valence-electron chi connectivity index (χ4n) is 6.04. The molecule has 2 aromatic carbocycles. The minimum absolute atomic E-state index is 0.0101. The van der Waals surface area contributed by atoms with Crippen molar-refractivity contribution in [3.63, 3.8) is 0 Å². The van der Waals surface area contributed by atoms with E-state index in [9.17, 15) is 9.59 Å². The molecule has 2 saturated heterocycles. The van der Waals surface area contributed by atoms with Crippen LogP contribution in [-0.4, -0.2) is 66.7 Å². The number of aryl methyl sites for hydroxylation is 1. The van der Waals surface area contributed by atoms with E-state index in [2.05, 4.69) is 60.8 Å². The molecule has 1 aliphatic carbocycles. The van der Waals surface area contributed by atoms with Crippen LogP contribution in [0, 0.1) is 6.92 Å². The fraction of sp³-hybridized carbons (Fsp3) is 0.500. The minimum Gasteiger partial charge on any atom is -0.383 e. The molecular weight excluding hydrogens is 426 g/mol. The predicted octanol–water partition coefficient (Wildman–Crippen LogP) is 4.33. The molecule has 3 fully saturated rings. The van der Waals surface area contributed by atoms with E-state index >= 15 is 0 Å². The fourth-order valence-corrected chi connectivity index (χ4v) is 6.04. The second-order valence-corrected chi connectivity index (χ2v) is 10.1. The molecule has 3 aliphatic rings. The van der Waals surface area contributed by atoms with Gasteiger partial charge < -0.3 is 19.9 Å². The molecule has 5 rings (SSSR count). The number of hydrogen-bond donors (Lipinski definition) is 1. The molecule has 3 atom stereocenters. The Hall–Kier alpha value is -2.86. The number of carbonyl (C=O) groups excluding carboxylic acids is 2. The maximum atomic E-state index is 13.0. The zero-order valence-corrected chi connectivity index (χ0v) is 20.2. The van der Waals surface area contributed by atoms with Gasteiger partial charge in [0.25, 0.3) is 0 Å². The lowest BCUT2D eigenvalue weighted by molar-refractivity contribution is -0.160. The molecular formula is C28H35N3O3. The van der Waals surface area contributed by atoms with Crippen LogP contribution in [0.3, 0.4) is 0 Å². The number of nitrogens with zero attached hydrogens (tertiary/aromatic N) is 2. The summed E-state index contributed by atoms with van der Waals surface area (Å²) in [4.78, 5) is 29.7. The summed E-state index contributed by atoms with van der Waals surface area (Å²) >= 11 is 0. The van der Waals surface area contributed by atoms with Crippen LogP contribution in [0.4, 0.5) is 4.79 Å². The first-order chi connectivity index (χ1) is 16.5. The van der Waals surface area contributed by atoms with Gasteiger partial charge in [0.05, 0.1) is 18.7 Å². The molecule has 3 amide bonds. The predicted molar refractivity (Wildman–Crippen MR) is 133 cm³/mol. The number of nitrogens with one attached hydrogen (secondary N) is 1. The van der Waals surface area contributed by atoms with Gasteiger partial charge in [-0.1, -0.05) is 73.4 Å². The molecule has 1 saturated carbocycles. The third-order valence-electron chi connectivity index (χ3n) is 7.77. The number of methoxy groups -OCH3 is 1. The summed E-state index contributed by atoms with van der Waals surface area (Å²) in [5, 5.41) is 3.18. The number of ether oxygens (including phenoxy) is 1. The molecule has 0 spiro atoms. The SMILES string of the molecule is COC[C@@H]1[C@@H](c2ccc(-c3cccc(C)c3)cc2)[C@@H]2CN(C(=O)NC3CCCCC3)CC(=O)N12. The van der Waals surface area contributed by atoms with Gasteiger partial charge in [0.15, 0.2) is 0 Å². The van der Waals surface area contributed by atoms with E-state index in [0.717, 1.165) is 12.8 Å². The second kappa shape index (κ2) is 9.79. The molecule has 0 unspecified atom stereocenters. The maximum absolute atomic E-state index is 13.0. The van der Waals surface area contributed by atoms with E-state index in [-0.39, 0.29) is 42.5 Å². The molecule has 0 bridgehead atoms. The average Bonchev–Trinajstić information content (AvgIpc) is 2.83. The van der Waals surface area contributed by atoms with Crippen LogP contribution in [0.25, 0.3) is 11.1 Å². The van der Waals surface area contributed by atoms with Gasteiger partial charge in [0.2, 0.25) is 5.91 Å².